The van der Waals surface area contributed by atoms with Crippen molar-refractivity contribution in [2.24, 2.45) is 0 Å². The Morgan fingerprint density at radius 3 is 1.50 bits per heavy atom. The third-order valence-corrected chi connectivity index (χ3v) is 6.89. The van der Waals surface area contributed by atoms with Crippen molar-refractivity contribution < 1.29 is 19.0 Å². The Kier molecular flexibility index (Phi) is 21.3. The number of carbonyl (C=O) groups is 1. The number of ether oxygens (including phenoxy) is 3. The lowest BCUT2D eigenvalue weighted by Crippen LogP contribution is -2.07. The van der Waals surface area contributed by atoms with Crippen molar-refractivity contribution in [3.63, 3.8) is 0 Å². The van der Waals surface area contributed by atoms with E-state index in [0.29, 0.717) is 30.3 Å². The molecule has 0 aliphatic heterocycles. The average molecular weight is 505 g/mol. The highest BCUT2D eigenvalue weighted by atomic mass is 16.5. The second-order valence-corrected chi connectivity index (χ2v) is 10.2. The molecule has 0 aliphatic rings. The molecule has 0 aromatic heterocycles. The number of hydrogen-bond donors (Lipinski definition) is 0. The van der Waals surface area contributed by atoms with Crippen molar-refractivity contribution in [1.29, 1.82) is 0 Å². The summed E-state index contributed by atoms with van der Waals surface area (Å²) < 4.78 is 16.9. The lowest BCUT2D eigenvalue weighted by atomic mass is 10.1. The lowest BCUT2D eigenvalue weighted by Gasteiger charge is -2.12. The van der Waals surface area contributed by atoms with Crippen LogP contribution in [-0.4, -0.2) is 26.3 Å². The highest BCUT2D eigenvalue weighted by Crippen LogP contribution is 2.28. The number of rotatable bonds is 25. The van der Waals surface area contributed by atoms with Crippen LogP contribution < -0.4 is 9.47 Å². The van der Waals surface area contributed by atoms with Crippen molar-refractivity contribution in [3.05, 3.63) is 23.8 Å². The first-order chi connectivity index (χ1) is 17.7. The highest BCUT2D eigenvalue weighted by Gasteiger charge is 2.12. The second kappa shape index (κ2) is 23.7. The van der Waals surface area contributed by atoms with Crippen LogP contribution in [0, 0.1) is 0 Å². The minimum Gasteiger partial charge on any atom is -0.493 e. The second-order valence-electron chi connectivity index (χ2n) is 10.2. The molecule has 4 heteroatoms. The minimum atomic E-state index is -0.287. The largest absolute Gasteiger partial charge is 0.493 e. The fraction of sp³-hybridized carbons (Fsp3) is 0.781. The van der Waals surface area contributed by atoms with Crippen molar-refractivity contribution in [2.75, 3.05) is 20.3 Å². The van der Waals surface area contributed by atoms with Gasteiger partial charge in [0.2, 0.25) is 0 Å². The maximum atomic E-state index is 12.4. The topological polar surface area (TPSA) is 44.8 Å². The van der Waals surface area contributed by atoms with Gasteiger partial charge in [-0.25, -0.2) is 4.79 Å². The first-order valence-electron chi connectivity index (χ1n) is 15.2. The van der Waals surface area contributed by atoms with Gasteiger partial charge in [-0.3, -0.25) is 0 Å². The highest BCUT2D eigenvalue weighted by molar-refractivity contribution is 5.90. The van der Waals surface area contributed by atoms with Gasteiger partial charge in [0.15, 0.2) is 11.5 Å². The molecule has 0 saturated heterocycles. The van der Waals surface area contributed by atoms with E-state index >= 15 is 0 Å². The van der Waals surface area contributed by atoms with Gasteiger partial charge in [-0.15, -0.1) is 0 Å². The van der Waals surface area contributed by atoms with Gasteiger partial charge in [0, 0.05) is 0 Å². The molecule has 0 spiro atoms. The van der Waals surface area contributed by atoms with Crippen molar-refractivity contribution in [3.8, 4) is 11.5 Å². The van der Waals surface area contributed by atoms with Gasteiger partial charge in [-0.1, -0.05) is 129 Å². The summed E-state index contributed by atoms with van der Waals surface area (Å²) in [6, 6.07) is 5.33. The monoisotopic (exact) mass is 504 g/mol. The van der Waals surface area contributed by atoms with E-state index in [1.807, 2.05) is 6.07 Å². The van der Waals surface area contributed by atoms with Gasteiger partial charge in [0.25, 0.3) is 0 Å². The summed E-state index contributed by atoms with van der Waals surface area (Å²) in [5.74, 6) is 1.00. The standard InChI is InChI=1S/C32H56O4/c1-4-6-8-10-12-14-16-18-20-22-26-35-30-25-24-29(28-31(30)34-3)32(33)36-27-23-21-19-17-15-13-11-9-7-5-2/h24-25,28H,4-23,26-27H2,1-3H3. The number of benzene rings is 1. The quantitative estimate of drug-likeness (QED) is 0.0981. The molecular formula is C32H56O4. The fourth-order valence-corrected chi connectivity index (χ4v) is 4.52. The predicted molar refractivity (Wildman–Crippen MR) is 152 cm³/mol. The normalized spacial score (nSPS) is 11.0. The molecule has 1 aromatic rings. The molecule has 4 nitrogen and oxygen atoms in total. The smallest absolute Gasteiger partial charge is 0.338 e. The summed E-state index contributed by atoms with van der Waals surface area (Å²) >= 11 is 0. The fourth-order valence-electron chi connectivity index (χ4n) is 4.52. The molecule has 0 unspecified atom stereocenters. The number of unbranched alkanes of at least 4 members (excludes halogenated alkanes) is 18. The zero-order valence-corrected chi connectivity index (χ0v) is 23.9. The molecule has 0 amide bonds. The third-order valence-electron chi connectivity index (χ3n) is 6.89. The molecule has 1 aromatic carbocycles. The van der Waals surface area contributed by atoms with E-state index in [-0.39, 0.29) is 5.97 Å². The summed E-state index contributed by atoms with van der Waals surface area (Å²) in [5.41, 5.74) is 0.519. The van der Waals surface area contributed by atoms with E-state index in [2.05, 4.69) is 13.8 Å². The van der Waals surface area contributed by atoms with E-state index in [1.165, 1.54) is 109 Å². The maximum absolute atomic E-state index is 12.4. The van der Waals surface area contributed by atoms with E-state index in [4.69, 9.17) is 14.2 Å². The molecule has 0 heterocycles. The van der Waals surface area contributed by atoms with Crippen LogP contribution >= 0.6 is 0 Å². The number of carbonyl (C=O) groups excluding carboxylic acids is 1. The molecule has 208 valence electrons. The molecule has 0 fully saturated rings. The van der Waals surface area contributed by atoms with Crippen molar-refractivity contribution in [2.45, 2.75) is 142 Å². The summed E-state index contributed by atoms with van der Waals surface area (Å²) in [7, 11) is 1.61. The first-order valence-corrected chi connectivity index (χ1v) is 15.2. The molecule has 0 atom stereocenters. The zero-order chi connectivity index (χ0) is 26.1. The number of methoxy groups -OCH3 is 1. The van der Waals surface area contributed by atoms with E-state index in [0.717, 1.165) is 19.3 Å². The average Bonchev–Trinajstić information content (AvgIpc) is 2.90. The van der Waals surface area contributed by atoms with Crippen LogP contribution in [0.4, 0.5) is 0 Å². The van der Waals surface area contributed by atoms with Crippen LogP contribution in [0.5, 0.6) is 11.5 Å². The van der Waals surface area contributed by atoms with E-state index in [1.54, 1.807) is 19.2 Å². The Hall–Kier alpha value is -1.71. The molecular weight excluding hydrogens is 448 g/mol. The zero-order valence-electron chi connectivity index (χ0n) is 23.9. The number of hydrogen-bond acceptors (Lipinski definition) is 4. The van der Waals surface area contributed by atoms with Gasteiger partial charge < -0.3 is 14.2 Å². The summed E-state index contributed by atoms with van der Waals surface area (Å²) in [5, 5.41) is 0. The molecule has 0 saturated carbocycles. The van der Waals surface area contributed by atoms with Gasteiger partial charge in [-0.05, 0) is 31.0 Å². The first kappa shape index (κ1) is 32.3. The summed E-state index contributed by atoms with van der Waals surface area (Å²) in [6.07, 6.45) is 25.7. The SMILES string of the molecule is CCCCCCCCCCCCOC(=O)c1ccc(OCCCCCCCCCCCC)c(OC)c1. The molecule has 0 aliphatic carbocycles. The lowest BCUT2D eigenvalue weighted by molar-refractivity contribution is 0.0497. The molecule has 0 bridgehead atoms. The maximum Gasteiger partial charge on any atom is 0.338 e. The Morgan fingerprint density at radius 1 is 0.583 bits per heavy atom. The van der Waals surface area contributed by atoms with Gasteiger partial charge in [0.1, 0.15) is 0 Å². The Morgan fingerprint density at radius 2 is 1.03 bits per heavy atom. The minimum absolute atomic E-state index is 0.287. The number of esters is 1. The van der Waals surface area contributed by atoms with Gasteiger partial charge in [-0.2, -0.15) is 0 Å². The van der Waals surface area contributed by atoms with Crippen LogP contribution in [0.2, 0.25) is 0 Å². The molecule has 0 N–H and O–H groups in total. The predicted octanol–water partition coefficient (Wildman–Crippen LogP) is 10.1. The summed E-state index contributed by atoms with van der Waals surface area (Å²) in [6.45, 7) is 5.68. The van der Waals surface area contributed by atoms with E-state index < -0.39 is 0 Å². The summed E-state index contributed by atoms with van der Waals surface area (Å²) in [4.78, 5) is 12.4. The molecule has 36 heavy (non-hydrogen) atoms. The Balaban J connectivity index is 2.13. The Bertz CT molecular complexity index is 643. The molecule has 1 rings (SSSR count). The van der Waals surface area contributed by atoms with Crippen molar-refractivity contribution in [1.82, 2.24) is 0 Å². The van der Waals surface area contributed by atoms with Crippen LogP contribution in [0.25, 0.3) is 0 Å². The molecule has 0 radical (unpaired) electrons. The van der Waals surface area contributed by atoms with Gasteiger partial charge in [0.05, 0.1) is 25.9 Å². The van der Waals surface area contributed by atoms with Crippen LogP contribution in [0.1, 0.15) is 153 Å². The van der Waals surface area contributed by atoms with E-state index in [9.17, 15) is 4.79 Å². The van der Waals surface area contributed by atoms with Crippen molar-refractivity contribution >= 4 is 5.97 Å². The Labute approximate surface area is 222 Å². The van der Waals surface area contributed by atoms with Crippen LogP contribution in [0.15, 0.2) is 18.2 Å². The van der Waals surface area contributed by atoms with Crippen LogP contribution in [0.3, 0.4) is 0 Å². The van der Waals surface area contributed by atoms with Gasteiger partial charge >= 0.3 is 5.97 Å². The van der Waals surface area contributed by atoms with Crippen LogP contribution in [-0.2, 0) is 4.74 Å². The third kappa shape index (κ3) is 16.9.